The zero-order valence-electron chi connectivity index (χ0n) is 10.3. The van der Waals surface area contributed by atoms with E-state index < -0.39 is 10.0 Å². The van der Waals surface area contributed by atoms with Gasteiger partial charge in [0, 0.05) is 29.0 Å². The van der Waals surface area contributed by atoms with E-state index in [1.54, 1.807) is 16.1 Å². The lowest BCUT2D eigenvalue weighted by Gasteiger charge is -2.32. The molecular formula is C11H16ClNO2S3. The molecular weight excluding hydrogens is 310 g/mol. The van der Waals surface area contributed by atoms with Crippen LogP contribution in [0.2, 0.25) is 0 Å². The maximum Gasteiger partial charge on any atom is 0.244 e. The number of alkyl halides is 1. The fraction of sp³-hybridized carbons (Fsp3) is 0.636. The summed E-state index contributed by atoms with van der Waals surface area (Å²) in [5.41, 5.74) is 0.807. The summed E-state index contributed by atoms with van der Waals surface area (Å²) in [6, 6.07) is 0.0521. The highest BCUT2D eigenvalue weighted by Gasteiger charge is 2.34. The molecule has 2 heterocycles. The standard InChI is InChI=1S/C11H16ClNO2S3/c1-8-6-17-10(5-12)11(8)18(14,15)13-3-4-16-7-9(13)2/h6,9H,3-5,7H2,1-2H3. The Morgan fingerprint density at radius 3 is 2.89 bits per heavy atom. The lowest BCUT2D eigenvalue weighted by Crippen LogP contribution is -2.44. The molecule has 0 saturated carbocycles. The Morgan fingerprint density at radius 1 is 1.56 bits per heavy atom. The van der Waals surface area contributed by atoms with Crippen molar-refractivity contribution in [1.82, 2.24) is 4.31 Å². The Morgan fingerprint density at radius 2 is 2.28 bits per heavy atom. The summed E-state index contributed by atoms with van der Waals surface area (Å²) in [5.74, 6) is 1.98. The number of nitrogens with zero attached hydrogens (tertiary/aromatic N) is 1. The van der Waals surface area contributed by atoms with Crippen LogP contribution in [0.25, 0.3) is 0 Å². The lowest BCUT2D eigenvalue weighted by atomic mass is 10.3. The van der Waals surface area contributed by atoms with E-state index in [9.17, 15) is 8.42 Å². The molecule has 1 aliphatic heterocycles. The van der Waals surface area contributed by atoms with Gasteiger partial charge in [-0.1, -0.05) is 0 Å². The van der Waals surface area contributed by atoms with Gasteiger partial charge >= 0.3 is 0 Å². The van der Waals surface area contributed by atoms with E-state index in [4.69, 9.17) is 11.6 Å². The van der Waals surface area contributed by atoms with Crippen LogP contribution in [0.3, 0.4) is 0 Å². The number of halogens is 1. The van der Waals surface area contributed by atoms with E-state index in [-0.39, 0.29) is 11.9 Å². The van der Waals surface area contributed by atoms with Crippen molar-refractivity contribution in [1.29, 1.82) is 0 Å². The quantitative estimate of drug-likeness (QED) is 0.802. The third-order valence-electron chi connectivity index (χ3n) is 2.98. The third kappa shape index (κ3) is 2.58. The highest BCUT2D eigenvalue weighted by Crippen LogP contribution is 2.33. The van der Waals surface area contributed by atoms with E-state index in [0.717, 1.165) is 21.9 Å². The minimum absolute atomic E-state index is 0.0521. The molecule has 0 N–H and O–H groups in total. The number of rotatable bonds is 3. The highest BCUT2D eigenvalue weighted by molar-refractivity contribution is 7.99. The van der Waals surface area contributed by atoms with Crippen molar-refractivity contribution in [2.75, 3.05) is 18.1 Å². The molecule has 0 aliphatic carbocycles. The van der Waals surface area contributed by atoms with Crippen molar-refractivity contribution >= 4 is 44.7 Å². The summed E-state index contributed by atoms with van der Waals surface area (Å²) < 4.78 is 27.1. The number of sulfonamides is 1. The SMILES string of the molecule is Cc1csc(CCl)c1S(=O)(=O)N1CCSCC1C. The van der Waals surface area contributed by atoms with Gasteiger partial charge < -0.3 is 0 Å². The van der Waals surface area contributed by atoms with E-state index >= 15 is 0 Å². The first kappa shape index (κ1) is 14.7. The summed E-state index contributed by atoms with van der Waals surface area (Å²) in [7, 11) is -3.40. The largest absolute Gasteiger partial charge is 0.244 e. The van der Waals surface area contributed by atoms with Crippen molar-refractivity contribution in [3.8, 4) is 0 Å². The zero-order valence-corrected chi connectivity index (χ0v) is 13.6. The molecule has 2 rings (SSSR count). The first-order valence-electron chi connectivity index (χ1n) is 5.71. The topological polar surface area (TPSA) is 37.4 Å². The van der Waals surface area contributed by atoms with E-state index in [1.807, 2.05) is 19.2 Å². The summed E-state index contributed by atoms with van der Waals surface area (Å²) in [6.45, 7) is 4.39. The van der Waals surface area contributed by atoms with E-state index in [2.05, 4.69) is 0 Å². The third-order valence-corrected chi connectivity index (χ3v) is 8.08. The Bertz CT molecular complexity index is 526. The zero-order chi connectivity index (χ0) is 13.3. The number of hydrogen-bond acceptors (Lipinski definition) is 4. The molecule has 18 heavy (non-hydrogen) atoms. The Kier molecular flexibility index (Phi) is 4.65. The Balaban J connectivity index is 2.44. The van der Waals surface area contributed by atoms with Gasteiger partial charge in [0.1, 0.15) is 4.90 Å². The number of aryl methyl sites for hydroxylation is 1. The summed E-state index contributed by atoms with van der Waals surface area (Å²) in [5, 5.41) is 1.87. The number of hydrogen-bond donors (Lipinski definition) is 0. The summed E-state index contributed by atoms with van der Waals surface area (Å²) >= 11 is 9.08. The Labute approximate surface area is 122 Å². The van der Waals surface area contributed by atoms with Crippen LogP contribution in [0.4, 0.5) is 0 Å². The average molecular weight is 326 g/mol. The second-order valence-corrected chi connectivity index (χ2v) is 8.55. The van der Waals surface area contributed by atoms with Crippen LogP contribution in [0.15, 0.2) is 10.3 Å². The summed E-state index contributed by atoms with van der Waals surface area (Å²) in [4.78, 5) is 1.18. The van der Waals surface area contributed by atoms with Crippen LogP contribution in [0, 0.1) is 6.92 Å². The molecule has 0 spiro atoms. The van der Waals surface area contributed by atoms with Gasteiger partial charge in [-0.2, -0.15) is 16.1 Å². The van der Waals surface area contributed by atoms with Crippen molar-refractivity contribution < 1.29 is 8.42 Å². The fourth-order valence-electron chi connectivity index (χ4n) is 2.11. The molecule has 1 aromatic heterocycles. The van der Waals surface area contributed by atoms with Crippen LogP contribution >= 0.6 is 34.7 Å². The van der Waals surface area contributed by atoms with Gasteiger partial charge in [-0.25, -0.2) is 8.42 Å². The molecule has 1 saturated heterocycles. The maximum absolute atomic E-state index is 12.7. The molecule has 102 valence electrons. The Hall–Kier alpha value is 0.250. The van der Waals surface area contributed by atoms with Gasteiger partial charge in [0.25, 0.3) is 0 Å². The number of thiophene rings is 1. The molecule has 3 nitrogen and oxygen atoms in total. The van der Waals surface area contributed by atoms with Crippen LogP contribution in [0.5, 0.6) is 0 Å². The van der Waals surface area contributed by atoms with Gasteiger partial charge in [-0.05, 0) is 24.8 Å². The van der Waals surface area contributed by atoms with E-state index in [0.29, 0.717) is 11.4 Å². The van der Waals surface area contributed by atoms with Crippen LogP contribution < -0.4 is 0 Å². The van der Waals surface area contributed by atoms with Gasteiger partial charge in [-0.3, -0.25) is 0 Å². The molecule has 1 aromatic rings. The van der Waals surface area contributed by atoms with Gasteiger partial charge in [-0.15, -0.1) is 22.9 Å². The predicted molar refractivity (Wildman–Crippen MR) is 79.3 cm³/mol. The molecule has 1 fully saturated rings. The fourth-order valence-corrected chi connectivity index (χ4v) is 6.98. The highest BCUT2D eigenvalue weighted by atomic mass is 35.5. The molecule has 7 heteroatoms. The maximum atomic E-state index is 12.7. The van der Waals surface area contributed by atoms with Gasteiger partial charge in [0.05, 0.1) is 5.88 Å². The molecule has 0 amide bonds. The second kappa shape index (κ2) is 5.71. The van der Waals surface area contributed by atoms with Crippen LogP contribution in [0.1, 0.15) is 17.4 Å². The van der Waals surface area contributed by atoms with Gasteiger partial charge in [0.15, 0.2) is 0 Å². The monoisotopic (exact) mass is 325 g/mol. The van der Waals surface area contributed by atoms with Crippen molar-refractivity contribution in [2.45, 2.75) is 30.7 Å². The first-order valence-corrected chi connectivity index (χ1v) is 9.72. The molecule has 1 aliphatic rings. The lowest BCUT2D eigenvalue weighted by molar-refractivity contribution is 0.367. The summed E-state index contributed by atoms with van der Waals surface area (Å²) in [6.07, 6.45) is 0. The molecule has 0 radical (unpaired) electrons. The minimum atomic E-state index is -3.40. The van der Waals surface area contributed by atoms with Crippen LogP contribution in [-0.2, 0) is 15.9 Å². The molecule has 0 bridgehead atoms. The van der Waals surface area contributed by atoms with E-state index in [1.165, 1.54) is 11.3 Å². The normalized spacial score (nSPS) is 22.3. The molecule has 0 aromatic carbocycles. The van der Waals surface area contributed by atoms with Crippen LogP contribution in [-0.4, -0.2) is 36.8 Å². The molecule has 1 atom stereocenters. The minimum Gasteiger partial charge on any atom is -0.207 e. The van der Waals surface area contributed by atoms with Gasteiger partial charge in [0.2, 0.25) is 10.0 Å². The first-order chi connectivity index (χ1) is 8.48. The number of thioether (sulfide) groups is 1. The average Bonchev–Trinajstić information content (AvgIpc) is 2.71. The predicted octanol–water partition coefficient (Wildman–Crippen LogP) is 2.92. The second-order valence-electron chi connectivity index (χ2n) is 4.34. The van der Waals surface area contributed by atoms with Crippen molar-refractivity contribution in [2.24, 2.45) is 0 Å². The van der Waals surface area contributed by atoms with Crippen molar-refractivity contribution in [3.63, 3.8) is 0 Å². The molecule has 1 unspecified atom stereocenters. The smallest absolute Gasteiger partial charge is 0.207 e. The van der Waals surface area contributed by atoms with Crippen molar-refractivity contribution in [3.05, 3.63) is 15.8 Å².